The summed E-state index contributed by atoms with van der Waals surface area (Å²) >= 11 is 1.38. The molecule has 0 rings (SSSR count). The zero-order chi connectivity index (χ0) is 16.5. The van der Waals surface area contributed by atoms with E-state index in [2.05, 4.69) is 29.6 Å². The Labute approximate surface area is 151 Å². The third-order valence-electron chi connectivity index (χ3n) is 4.85. The molecule has 0 aromatic heterocycles. The van der Waals surface area contributed by atoms with Gasteiger partial charge in [0.2, 0.25) is 0 Å². The van der Waals surface area contributed by atoms with Crippen LogP contribution in [0, 0.1) is 11.8 Å². The average Bonchev–Trinajstić information content (AvgIpc) is 2.52. The summed E-state index contributed by atoms with van der Waals surface area (Å²) in [6.07, 6.45) is 15.2. The Bertz CT molecular complexity index is 233. The van der Waals surface area contributed by atoms with E-state index in [9.17, 15) is 0 Å². The third kappa shape index (κ3) is 15.3. The molecule has 0 fully saturated rings. The fraction of sp³-hybridized carbons (Fsp3) is 1.00. The second kappa shape index (κ2) is 17.8. The summed E-state index contributed by atoms with van der Waals surface area (Å²) < 4.78 is 4.27. The van der Waals surface area contributed by atoms with Crippen LogP contribution in [-0.4, -0.2) is 19.6 Å². The number of hydrogen-bond acceptors (Lipinski definition) is 2. The molecule has 0 saturated heterocycles. The molecule has 0 radical (unpaired) electrons. The van der Waals surface area contributed by atoms with Crippen LogP contribution in [0.25, 0.3) is 0 Å². The molecule has 0 heterocycles. The standard InChI is InChI=1S/C19H40N2.W/c1-4-5-6-7-8-9-10-16-21-17-12-14-19(3)18(2)13-11-15-20;/h18-19,21H,4-17H2,1-3H3;. The predicted octanol–water partition coefficient (Wildman–Crippen LogP) is 5.89. The summed E-state index contributed by atoms with van der Waals surface area (Å²) in [7, 11) is 0. The Morgan fingerprint density at radius 1 is 0.773 bits per heavy atom. The molecular formula is C19H40N2W. The van der Waals surface area contributed by atoms with E-state index < -0.39 is 0 Å². The number of rotatable bonds is 17. The van der Waals surface area contributed by atoms with Gasteiger partial charge >= 0.3 is 106 Å². The van der Waals surface area contributed by atoms with Crippen molar-refractivity contribution in [2.24, 2.45) is 15.3 Å². The third-order valence-corrected chi connectivity index (χ3v) is 5.51. The molecule has 132 valence electrons. The van der Waals surface area contributed by atoms with Crippen LogP contribution in [0.2, 0.25) is 0 Å². The maximum absolute atomic E-state index is 4.27. The van der Waals surface area contributed by atoms with Gasteiger partial charge in [-0.05, 0) is 0 Å². The van der Waals surface area contributed by atoms with E-state index >= 15 is 0 Å². The maximum atomic E-state index is 4.27. The second-order valence-corrected chi connectivity index (χ2v) is 7.89. The molecule has 0 aliphatic rings. The van der Waals surface area contributed by atoms with Gasteiger partial charge in [0.05, 0.1) is 0 Å². The van der Waals surface area contributed by atoms with Gasteiger partial charge in [-0.3, -0.25) is 0 Å². The molecule has 0 bridgehead atoms. The average molecular weight is 480 g/mol. The summed E-state index contributed by atoms with van der Waals surface area (Å²) in [5.74, 6) is 1.73. The molecule has 3 heteroatoms. The molecule has 2 atom stereocenters. The van der Waals surface area contributed by atoms with Crippen molar-refractivity contribution in [3.63, 3.8) is 0 Å². The van der Waals surface area contributed by atoms with Crippen LogP contribution in [0.5, 0.6) is 0 Å². The molecule has 2 nitrogen and oxygen atoms in total. The fourth-order valence-electron chi connectivity index (χ4n) is 2.93. The van der Waals surface area contributed by atoms with Crippen LogP contribution < -0.4 is 5.32 Å². The second-order valence-electron chi connectivity index (χ2n) is 6.96. The van der Waals surface area contributed by atoms with Crippen molar-refractivity contribution >= 4 is 0 Å². The summed E-state index contributed by atoms with van der Waals surface area (Å²) in [5.41, 5.74) is 0. The first-order valence-corrected chi connectivity index (χ1v) is 11.0. The Morgan fingerprint density at radius 2 is 1.32 bits per heavy atom. The van der Waals surface area contributed by atoms with Gasteiger partial charge in [-0.15, -0.1) is 0 Å². The first-order chi connectivity index (χ1) is 10.7. The first-order valence-electron chi connectivity index (χ1n) is 9.72. The van der Waals surface area contributed by atoms with E-state index in [-0.39, 0.29) is 0 Å². The molecule has 1 N–H and O–H groups in total. The molecule has 0 amide bonds. The number of unbranched alkanes of at least 4 members (excludes halogenated alkanes) is 6. The molecule has 0 aromatic rings. The van der Waals surface area contributed by atoms with E-state index in [4.69, 9.17) is 0 Å². The van der Waals surface area contributed by atoms with Crippen LogP contribution in [0.4, 0.5) is 0 Å². The van der Waals surface area contributed by atoms with Crippen molar-refractivity contribution in [1.29, 1.82) is 0 Å². The zero-order valence-corrected chi connectivity index (χ0v) is 18.3. The van der Waals surface area contributed by atoms with Crippen molar-refractivity contribution in [1.82, 2.24) is 5.32 Å². The molecule has 0 spiro atoms. The SMILES string of the molecule is CCCCCCCCCNCCCC(C)C(C)CCC[N]=[W]. The van der Waals surface area contributed by atoms with Gasteiger partial charge in [0.1, 0.15) is 0 Å². The summed E-state index contributed by atoms with van der Waals surface area (Å²) in [6, 6.07) is 0. The van der Waals surface area contributed by atoms with Crippen molar-refractivity contribution in [3.05, 3.63) is 0 Å². The van der Waals surface area contributed by atoms with Gasteiger partial charge in [0, 0.05) is 0 Å². The van der Waals surface area contributed by atoms with Crippen molar-refractivity contribution < 1.29 is 19.6 Å². The van der Waals surface area contributed by atoms with E-state index in [0.29, 0.717) is 0 Å². The topological polar surface area (TPSA) is 24.4 Å². The first kappa shape index (κ1) is 22.4. The molecular weight excluding hydrogens is 440 g/mol. The molecule has 0 aliphatic carbocycles. The summed E-state index contributed by atoms with van der Waals surface area (Å²) in [4.78, 5) is 0. The number of hydrogen-bond donors (Lipinski definition) is 1. The number of nitrogens with zero attached hydrogens (tertiary/aromatic N) is 1. The van der Waals surface area contributed by atoms with Crippen LogP contribution in [0.1, 0.15) is 91.4 Å². The normalized spacial score (nSPS) is 14.0. The zero-order valence-electron chi connectivity index (χ0n) is 15.4. The Hall–Kier alpha value is 0.448. The Balaban J connectivity index is 3.25. The molecule has 0 aliphatic heterocycles. The van der Waals surface area contributed by atoms with E-state index in [1.54, 1.807) is 0 Å². The van der Waals surface area contributed by atoms with E-state index in [1.807, 2.05) is 0 Å². The summed E-state index contributed by atoms with van der Waals surface area (Å²) in [6.45, 7) is 10.6. The molecule has 22 heavy (non-hydrogen) atoms. The van der Waals surface area contributed by atoms with Crippen molar-refractivity contribution in [3.8, 4) is 0 Å². The minimum atomic E-state index is 0.861. The van der Waals surface area contributed by atoms with Gasteiger partial charge in [-0.2, -0.15) is 0 Å². The van der Waals surface area contributed by atoms with Gasteiger partial charge < -0.3 is 0 Å². The van der Waals surface area contributed by atoms with Gasteiger partial charge in [-0.25, -0.2) is 0 Å². The monoisotopic (exact) mass is 480 g/mol. The number of nitrogens with one attached hydrogen (secondary N) is 1. The predicted molar refractivity (Wildman–Crippen MR) is 95.0 cm³/mol. The molecule has 0 saturated carbocycles. The van der Waals surface area contributed by atoms with Crippen LogP contribution in [0.15, 0.2) is 3.50 Å². The minimum absolute atomic E-state index is 0.861. The Kier molecular flexibility index (Phi) is 18.2. The van der Waals surface area contributed by atoms with Crippen LogP contribution in [-0.2, 0) is 19.6 Å². The van der Waals surface area contributed by atoms with Crippen LogP contribution >= 0.6 is 0 Å². The summed E-state index contributed by atoms with van der Waals surface area (Å²) in [5, 5.41) is 3.62. The van der Waals surface area contributed by atoms with Crippen LogP contribution in [0.3, 0.4) is 0 Å². The van der Waals surface area contributed by atoms with Gasteiger partial charge in [0.15, 0.2) is 0 Å². The fourth-order valence-corrected chi connectivity index (χ4v) is 3.39. The van der Waals surface area contributed by atoms with Crippen molar-refractivity contribution in [2.75, 3.05) is 19.6 Å². The Morgan fingerprint density at radius 3 is 1.95 bits per heavy atom. The van der Waals surface area contributed by atoms with E-state index in [1.165, 1.54) is 103 Å². The van der Waals surface area contributed by atoms with Crippen molar-refractivity contribution in [2.45, 2.75) is 91.4 Å². The van der Waals surface area contributed by atoms with Gasteiger partial charge in [0.25, 0.3) is 0 Å². The van der Waals surface area contributed by atoms with E-state index in [0.717, 1.165) is 18.4 Å². The molecule has 2 unspecified atom stereocenters. The van der Waals surface area contributed by atoms with Gasteiger partial charge in [-0.1, -0.05) is 45.4 Å². The quantitative estimate of drug-likeness (QED) is 0.258. The molecule has 0 aromatic carbocycles.